The zero-order valence-corrected chi connectivity index (χ0v) is 23.2. The van der Waals surface area contributed by atoms with Crippen LogP contribution in [0.25, 0.3) is 71.9 Å². The van der Waals surface area contributed by atoms with Gasteiger partial charge in [0.2, 0.25) is 0 Å². The lowest BCUT2D eigenvalue weighted by Crippen LogP contribution is -1.98. The van der Waals surface area contributed by atoms with Gasteiger partial charge in [0, 0.05) is 39.0 Å². The van der Waals surface area contributed by atoms with Crippen LogP contribution in [0.4, 0.5) is 0 Å². The van der Waals surface area contributed by atoms with E-state index in [1.165, 1.54) is 38.1 Å². The van der Waals surface area contributed by atoms with E-state index < -0.39 is 0 Å². The lowest BCUT2D eigenvalue weighted by atomic mass is 10.1. The second-order valence-electron chi connectivity index (χ2n) is 10.8. The van der Waals surface area contributed by atoms with Crippen molar-refractivity contribution in [3.05, 3.63) is 152 Å². The van der Waals surface area contributed by atoms with Crippen LogP contribution in [-0.2, 0) is 0 Å². The molecular formula is C38H25N5. The number of nitrogens with zero attached hydrogens (tertiary/aromatic N) is 5. The number of rotatable bonds is 4. The standard InChI is InChI=1S/C38H25N5/c1-5-17-36-30(12-1)31-13-2-6-18-37(31)43(36)29-24-40-41(25-29)27-19-20-33-32-14-3-4-16-35(32)42(38(33)23-27)28-11-9-10-26(22-28)34-15-7-8-21-39-34/h1-25H. The summed E-state index contributed by atoms with van der Waals surface area (Å²) in [5.74, 6) is 0. The molecule has 0 atom stereocenters. The molecule has 0 saturated heterocycles. The minimum absolute atomic E-state index is 0.958. The number of hydrogen-bond donors (Lipinski definition) is 0. The molecule has 0 aliphatic rings. The lowest BCUT2D eigenvalue weighted by Gasteiger charge is -2.11. The van der Waals surface area contributed by atoms with Crippen molar-refractivity contribution in [1.82, 2.24) is 23.9 Å². The summed E-state index contributed by atoms with van der Waals surface area (Å²) < 4.78 is 6.62. The van der Waals surface area contributed by atoms with Crippen molar-refractivity contribution in [1.29, 1.82) is 0 Å². The minimum Gasteiger partial charge on any atom is -0.309 e. The molecule has 0 N–H and O–H groups in total. The molecule has 9 rings (SSSR count). The van der Waals surface area contributed by atoms with Crippen LogP contribution in [0, 0.1) is 0 Å². The maximum atomic E-state index is 4.85. The van der Waals surface area contributed by atoms with Crippen LogP contribution >= 0.6 is 0 Å². The molecule has 0 unspecified atom stereocenters. The van der Waals surface area contributed by atoms with Crippen LogP contribution in [0.3, 0.4) is 0 Å². The summed E-state index contributed by atoms with van der Waals surface area (Å²) in [6.07, 6.45) is 5.91. The zero-order valence-electron chi connectivity index (χ0n) is 23.2. The molecule has 0 aliphatic heterocycles. The van der Waals surface area contributed by atoms with Gasteiger partial charge in [-0.3, -0.25) is 4.98 Å². The Morgan fingerprint density at radius 2 is 1.07 bits per heavy atom. The first-order chi connectivity index (χ1) is 21.3. The first-order valence-corrected chi connectivity index (χ1v) is 14.4. The van der Waals surface area contributed by atoms with E-state index in [1.807, 2.05) is 29.2 Å². The molecule has 0 saturated carbocycles. The highest BCUT2D eigenvalue weighted by molar-refractivity contribution is 6.10. The van der Waals surface area contributed by atoms with Crippen molar-refractivity contribution in [2.45, 2.75) is 0 Å². The second-order valence-corrected chi connectivity index (χ2v) is 10.8. The van der Waals surface area contributed by atoms with Gasteiger partial charge in [0.1, 0.15) is 0 Å². The molecule has 5 aromatic carbocycles. The Morgan fingerprint density at radius 3 is 1.74 bits per heavy atom. The summed E-state index contributed by atoms with van der Waals surface area (Å²) in [4.78, 5) is 4.59. The number of pyridine rings is 1. The van der Waals surface area contributed by atoms with Crippen molar-refractivity contribution in [2.75, 3.05) is 0 Å². The van der Waals surface area contributed by atoms with Gasteiger partial charge >= 0.3 is 0 Å². The summed E-state index contributed by atoms with van der Waals surface area (Å²) in [5.41, 5.74) is 9.81. The molecule has 9 aromatic rings. The smallest absolute Gasteiger partial charge is 0.0848 e. The summed E-state index contributed by atoms with van der Waals surface area (Å²) >= 11 is 0. The molecular weight excluding hydrogens is 526 g/mol. The van der Waals surface area contributed by atoms with Gasteiger partial charge in [-0.2, -0.15) is 5.10 Å². The van der Waals surface area contributed by atoms with Gasteiger partial charge in [-0.25, -0.2) is 4.68 Å². The maximum absolute atomic E-state index is 4.85. The van der Waals surface area contributed by atoms with Crippen LogP contribution < -0.4 is 0 Å². The molecule has 202 valence electrons. The van der Waals surface area contributed by atoms with Crippen LogP contribution in [-0.4, -0.2) is 23.9 Å². The average Bonchev–Trinajstić information content (AvgIpc) is 3.78. The van der Waals surface area contributed by atoms with Gasteiger partial charge in [0.25, 0.3) is 0 Å². The molecule has 0 bridgehead atoms. The Bertz CT molecular complexity index is 2410. The van der Waals surface area contributed by atoms with E-state index >= 15 is 0 Å². The SMILES string of the molecule is c1ccc(-c2cccc(-n3c4ccccc4c4ccc(-n5cc(-n6c7ccccc7c7ccccc76)cn5)cc43)c2)nc1. The Kier molecular flexibility index (Phi) is 5.13. The van der Waals surface area contributed by atoms with Crippen molar-refractivity contribution in [3.63, 3.8) is 0 Å². The van der Waals surface area contributed by atoms with Gasteiger partial charge < -0.3 is 9.13 Å². The van der Waals surface area contributed by atoms with Gasteiger partial charge in [-0.1, -0.05) is 78.9 Å². The van der Waals surface area contributed by atoms with E-state index in [0.29, 0.717) is 0 Å². The lowest BCUT2D eigenvalue weighted by molar-refractivity contribution is 0.881. The van der Waals surface area contributed by atoms with Crippen LogP contribution in [0.1, 0.15) is 0 Å². The summed E-state index contributed by atoms with van der Waals surface area (Å²) in [6.45, 7) is 0. The highest BCUT2D eigenvalue weighted by Gasteiger charge is 2.16. The number of hydrogen-bond acceptors (Lipinski definition) is 2. The molecule has 43 heavy (non-hydrogen) atoms. The maximum Gasteiger partial charge on any atom is 0.0848 e. The van der Waals surface area contributed by atoms with Crippen LogP contribution in [0.5, 0.6) is 0 Å². The Hall–Kier alpha value is -5.94. The van der Waals surface area contributed by atoms with E-state index in [-0.39, 0.29) is 0 Å². The van der Waals surface area contributed by atoms with Gasteiger partial charge in [-0.05, 0) is 54.6 Å². The average molecular weight is 552 g/mol. The van der Waals surface area contributed by atoms with Gasteiger partial charge in [0.15, 0.2) is 0 Å². The molecule has 0 aliphatic carbocycles. The minimum atomic E-state index is 0.958. The van der Waals surface area contributed by atoms with E-state index in [2.05, 4.69) is 142 Å². The van der Waals surface area contributed by atoms with Crippen LogP contribution in [0.15, 0.2) is 152 Å². The number of fused-ring (bicyclic) bond motifs is 6. The zero-order chi connectivity index (χ0) is 28.3. The molecule has 0 amide bonds. The second kappa shape index (κ2) is 9.29. The molecule has 4 heterocycles. The largest absolute Gasteiger partial charge is 0.309 e. The van der Waals surface area contributed by atoms with Crippen LogP contribution in [0.2, 0.25) is 0 Å². The fourth-order valence-electron chi connectivity index (χ4n) is 6.49. The molecule has 0 radical (unpaired) electrons. The Morgan fingerprint density at radius 1 is 0.442 bits per heavy atom. The third kappa shape index (κ3) is 3.65. The molecule has 0 spiro atoms. The van der Waals surface area contributed by atoms with E-state index in [1.54, 1.807) is 0 Å². The van der Waals surface area contributed by atoms with Crippen molar-refractivity contribution in [3.8, 4) is 28.3 Å². The van der Waals surface area contributed by atoms with Crippen molar-refractivity contribution in [2.24, 2.45) is 0 Å². The van der Waals surface area contributed by atoms with E-state index in [9.17, 15) is 0 Å². The summed E-state index contributed by atoms with van der Waals surface area (Å²) in [5, 5.41) is 9.76. The highest BCUT2D eigenvalue weighted by Crippen LogP contribution is 2.35. The quantitative estimate of drug-likeness (QED) is 0.219. The monoisotopic (exact) mass is 551 g/mol. The van der Waals surface area contributed by atoms with Gasteiger partial charge in [0.05, 0.1) is 51.5 Å². The summed E-state index contributed by atoms with van der Waals surface area (Å²) in [7, 11) is 0. The first kappa shape index (κ1) is 23.7. The molecule has 0 fully saturated rings. The molecule has 5 heteroatoms. The Balaban J connectivity index is 1.22. The number of aromatic nitrogens is 5. The first-order valence-electron chi connectivity index (χ1n) is 14.4. The molecule has 5 nitrogen and oxygen atoms in total. The number of para-hydroxylation sites is 3. The van der Waals surface area contributed by atoms with Crippen molar-refractivity contribution < 1.29 is 0 Å². The topological polar surface area (TPSA) is 40.6 Å². The van der Waals surface area contributed by atoms with E-state index in [4.69, 9.17) is 5.10 Å². The third-order valence-electron chi connectivity index (χ3n) is 8.39. The van der Waals surface area contributed by atoms with Gasteiger partial charge in [-0.15, -0.1) is 0 Å². The van der Waals surface area contributed by atoms with Crippen molar-refractivity contribution >= 4 is 43.6 Å². The van der Waals surface area contributed by atoms with E-state index in [0.717, 1.165) is 33.8 Å². The third-order valence-corrected chi connectivity index (χ3v) is 8.39. The predicted octanol–water partition coefficient (Wildman–Crippen LogP) is 9.13. The predicted molar refractivity (Wildman–Crippen MR) is 175 cm³/mol. The molecule has 4 aromatic heterocycles. The normalized spacial score (nSPS) is 11.7. The fraction of sp³-hybridized carbons (Fsp3) is 0. The number of benzene rings is 5. The fourth-order valence-corrected chi connectivity index (χ4v) is 6.49. The highest BCUT2D eigenvalue weighted by atomic mass is 15.3. The Labute approximate surface area is 247 Å². The summed E-state index contributed by atoms with van der Waals surface area (Å²) in [6, 6.07) is 47.0.